The zero-order chi connectivity index (χ0) is 43.5. The van der Waals surface area contributed by atoms with Crippen LogP contribution >= 0.6 is 0 Å². The molecule has 0 saturated carbocycles. The standard InChI is InChI=1S/C48H44N6O8/c1-29(31-14-5-2-6-15-31)52-47(60)53-37-23-22-30(13-12-24-51-46(50)59)27-36(37)48(45(53)58)38(43(49)56)40-44(57)62-41(33-18-9-4-10-19-33)39(32-16-7-3-8-17-32)54(40)42(48)34-20-11-21-35(28-34)61-26-25-55/h2-11,14-23,27-29,38-42,55H,24-26H2,1H3,(H2,49,56)(H,52,60)(H3,50,51,59)/t29-,38-,39-,40-,41+,42+,48-/m1/s1. The second-order valence-corrected chi connectivity index (χ2v) is 15.3. The van der Waals surface area contributed by atoms with Crippen LogP contribution in [0.25, 0.3) is 0 Å². The topological polar surface area (TPSA) is 207 Å². The Morgan fingerprint density at radius 3 is 2.16 bits per heavy atom. The summed E-state index contributed by atoms with van der Waals surface area (Å²) in [6.07, 6.45) is -0.931. The first-order valence-corrected chi connectivity index (χ1v) is 20.1. The highest BCUT2D eigenvalue weighted by Gasteiger charge is 2.75. The van der Waals surface area contributed by atoms with E-state index in [1.165, 1.54) is 0 Å². The van der Waals surface area contributed by atoms with Crippen LogP contribution in [0.15, 0.2) is 133 Å². The number of amides is 6. The van der Waals surface area contributed by atoms with Gasteiger partial charge in [0.2, 0.25) is 11.8 Å². The Labute approximate surface area is 357 Å². The number of fused-ring (bicyclic) bond motifs is 3. The first-order valence-electron chi connectivity index (χ1n) is 20.1. The molecule has 2 fully saturated rings. The summed E-state index contributed by atoms with van der Waals surface area (Å²) < 4.78 is 12.3. The van der Waals surface area contributed by atoms with Gasteiger partial charge in [-0.15, -0.1) is 0 Å². The zero-order valence-electron chi connectivity index (χ0n) is 33.6. The van der Waals surface area contributed by atoms with Crippen LogP contribution in [-0.4, -0.2) is 65.7 Å². The van der Waals surface area contributed by atoms with Gasteiger partial charge >= 0.3 is 18.0 Å². The van der Waals surface area contributed by atoms with E-state index < -0.39 is 71.5 Å². The number of aliphatic hydroxyl groups excluding tert-OH is 1. The number of esters is 1. The Kier molecular flexibility index (Phi) is 11.5. The van der Waals surface area contributed by atoms with Crippen LogP contribution in [0.1, 0.15) is 64.5 Å². The highest BCUT2D eigenvalue weighted by atomic mass is 16.6. The molecule has 3 heterocycles. The maximum absolute atomic E-state index is 16.1. The van der Waals surface area contributed by atoms with E-state index in [-0.39, 0.29) is 31.0 Å². The molecule has 0 unspecified atom stereocenters. The average molecular weight is 833 g/mol. The number of nitrogens with zero attached hydrogens (tertiary/aromatic N) is 2. The van der Waals surface area contributed by atoms with E-state index in [4.69, 9.17) is 20.9 Å². The van der Waals surface area contributed by atoms with Crippen molar-refractivity contribution in [2.75, 3.05) is 24.7 Å². The molecule has 0 aliphatic carbocycles. The van der Waals surface area contributed by atoms with Crippen LogP contribution in [0.4, 0.5) is 15.3 Å². The molecule has 62 heavy (non-hydrogen) atoms. The van der Waals surface area contributed by atoms with Crippen LogP contribution in [0.5, 0.6) is 5.75 Å². The molecule has 7 atom stereocenters. The molecule has 0 aromatic heterocycles. The van der Waals surface area contributed by atoms with Gasteiger partial charge in [-0.05, 0) is 65.1 Å². The Morgan fingerprint density at radius 1 is 0.839 bits per heavy atom. The highest BCUT2D eigenvalue weighted by Crippen LogP contribution is 2.66. The van der Waals surface area contributed by atoms with Crippen LogP contribution < -0.4 is 31.7 Å². The Bertz CT molecular complexity index is 2580. The lowest BCUT2D eigenvalue weighted by atomic mass is 9.65. The average Bonchev–Trinajstić information content (AvgIpc) is 3.74. The number of primary amides is 2. The summed E-state index contributed by atoms with van der Waals surface area (Å²) in [4.78, 5) is 74.6. The fourth-order valence-corrected chi connectivity index (χ4v) is 9.31. The minimum absolute atomic E-state index is 0.0352. The van der Waals surface area contributed by atoms with E-state index >= 15 is 4.79 Å². The molecule has 0 radical (unpaired) electrons. The van der Waals surface area contributed by atoms with Crippen LogP contribution in [0.2, 0.25) is 0 Å². The van der Waals surface area contributed by atoms with Crippen LogP contribution in [0.3, 0.4) is 0 Å². The van der Waals surface area contributed by atoms with Crippen LogP contribution in [-0.2, 0) is 24.5 Å². The van der Waals surface area contributed by atoms with E-state index in [1.54, 1.807) is 49.4 Å². The van der Waals surface area contributed by atoms with Gasteiger partial charge < -0.3 is 36.7 Å². The second-order valence-electron chi connectivity index (χ2n) is 15.3. The third-order valence-electron chi connectivity index (χ3n) is 11.7. The normalized spacial score (nSPS) is 23.0. The number of carbonyl (C=O) groups excluding carboxylic acids is 5. The lowest BCUT2D eigenvalue weighted by Crippen LogP contribution is -2.55. The predicted molar refractivity (Wildman–Crippen MR) is 228 cm³/mol. The van der Waals surface area contributed by atoms with Crippen molar-refractivity contribution in [1.29, 1.82) is 0 Å². The molecule has 14 heteroatoms. The summed E-state index contributed by atoms with van der Waals surface area (Å²) in [5, 5.41) is 15.1. The van der Waals surface area contributed by atoms with Gasteiger partial charge in [-0.25, -0.2) is 14.5 Å². The lowest BCUT2D eigenvalue weighted by Gasteiger charge is -2.46. The van der Waals surface area contributed by atoms with Crippen molar-refractivity contribution in [3.8, 4) is 17.6 Å². The van der Waals surface area contributed by atoms with Crippen molar-refractivity contribution >= 4 is 35.5 Å². The molecule has 5 aromatic rings. The van der Waals surface area contributed by atoms with Crippen molar-refractivity contribution in [3.63, 3.8) is 0 Å². The van der Waals surface area contributed by atoms with E-state index in [1.807, 2.05) is 95.9 Å². The number of carbonyl (C=O) groups is 5. The smallest absolute Gasteiger partial charge is 0.329 e. The maximum atomic E-state index is 16.1. The number of rotatable bonds is 10. The number of hydrogen-bond donors (Lipinski definition) is 5. The van der Waals surface area contributed by atoms with Crippen molar-refractivity contribution in [3.05, 3.63) is 167 Å². The molecule has 14 nitrogen and oxygen atoms in total. The van der Waals surface area contributed by atoms with Gasteiger partial charge in [0.05, 0.1) is 42.9 Å². The van der Waals surface area contributed by atoms with Gasteiger partial charge in [0.25, 0.3) is 0 Å². The highest BCUT2D eigenvalue weighted by molar-refractivity contribution is 6.24. The molecule has 5 aromatic carbocycles. The molecular weight excluding hydrogens is 789 g/mol. The number of morpholine rings is 1. The SMILES string of the molecule is C[C@@H](NC(=O)N1C(=O)[C@@]2(c3cc(C#CCNC(N)=O)ccc31)[C@H](c1cccc(OCCO)c1)N1[C@H](c3ccccc3)[C@H](c3ccccc3)OC(=O)[C@H]1[C@@H]2C(N)=O)c1ccccc1. The van der Waals surface area contributed by atoms with Crippen molar-refractivity contribution in [1.82, 2.24) is 15.5 Å². The predicted octanol–water partition coefficient (Wildman–Crippen LogP) is 4.70. The number of aliphatic hydroxyl groups is 1. The molecular formula is C48H44N6O8. The Hall–Kier alpha value is -7.47. The molecule has 7 N–H and O–H groups in total. The molecule has 0 bridgehead atoms. The number of nitrogens with two attached hydrogens (primary N) is 2. The van der Waals surface area contributed by atoms with Gasteiger partial charge in [0.1, 0.15) is 29.9 Å². The van der Waals surface area contributed by atoms with Gasteiger partial charge in [0, 0.05) is 5.56 Å². The zero-order valence-corrected chi connectivity index (χ0v) is 33.6. The van der Waals surface area contributed by atoms with E-state index in [0.29, 0.717) is 22.4 Å². The largest absolute Gasteiger partial charge is 0.491 e. The summed E-state index contributed by atoms with van der Waals surface area (Å²) in [5.74, 6) is 2.03. The Balaban J connectivity index is 1.41. The van der Waals surface area contributed by atoms with E-state index in [9.17, 15) is 24.3 Å². The number of hydrogen-bond acceptors (Lipinski definition) is 9. The van der Waals surface area contributed by atoms with Gasteiger partial charge in [-0.1, -0.05) is 115 Å². The molecule has 1 spiro atoms. The van der Waals surface area contributed by atoms with E-state index in [2.05, 4.69) is 22.5 Å². The van der Waals surface area contributed by atoms with Crippen molar-refractivity contribution < 1.29 is 38.6 Å². The number of urea groups is 2. The molecule has 2 saturated heterocycles. The monoisotopic (exact) mass is 832 g/mol. The summed E-state index contributed by atoms with van der Waals surface area (Å²) in [6.45, 7) is 1.39. The summed E-state index contributed by atoms with van der Waals surface area (Å²) in [6, 6.07) is 33.9. The number of cyclic esters (lactones) is 1. The fourth-order valence-electron chi connectivity index (χ4n) is 9.31. The summed E-state index contributed by atoms with van der Waals surface area (Å²) in [5.41, 5.74) is 13.0. The van der Waals surface area contributed by atoms with E-state index in [0.717, 1.165) is 16.0 Å². The first kappa shape index (κ1) is 41.3. The summed E-state index contributed by atoms with van der Waals surface area (Å²) >= 11 is 0. The number of anilines is 1. The van der Waals surface area contributed by atoms with Crippen LogP contribution in [0, 0.1) is 17.8 Å². The fraction of sp³-hybridized carbons (Fsp3) is 0.229. The minimum Gasteiger partial charge on any atom is -0.491 e. The molecule has 3 aliphatic rings. The summed E-state index contributed by atoms with van der Waals surface area (Å²) in [7, 11) is 0. The van der Waals surface area contributed by atoms with Crippen molar-refractivity contribution in [2.45, 2.75) is 42.6 Å². The van der Waals surface area contributed by atoms with Gasteiger partial charge in [-0.2, -0.15) is 0 Å². The number of imide groups is 1. The third kappa shape index (κ3) is 7.27. The van der Waals surface area contributed by atoms with Crippen molar-refractivity contribution in [2.24, 2.45) is 17.4 Å². The number of benzene rings is 5. The second kappa shape index (κ2) is 17.3. The Morgan fingerprint density at radius 2 is 1.50 bits per heavy atom. The van der Waals surface area contributed by atoms with Gasteiger partial charge in [0.15, 0.2) is 0 Å². The third-order valence-corrected chi connectivity index (χ3v) is 11.7. The molecule has 6 amide bonds. The molecule has 3 aliphatic heterocycles. The number of ether oxygens (including phenoxy) is 2. The number of nitrogens with one attached hydrogen (secondary N) is 2. The molecule has 8 rings (SSSR count). The maximum Gasteiger partial charge on any atom is 0.329 e. The minimum atomic E-state index is -2.07. The van der Waals surface area contributed by atoms with Gasteiger partial charge in [-0.3, -0.25) is 19.3 Å². The molecule has 314 valence electrons. The first-order chi connectivity index (χ1) is 30.1. The lowest BCUT2D eigenvalue weighted by molar-refractivity contribution is -0.178. The quantitative estimate of drug-likeness (QED) is 0.0976.